The average Bonchev–Trinajstić information content (AvgIpc) is 3.36. The summed E-state index contributed by atoms with van der Waals surface area (Å²) in [6.45, 7) is 6.24. The van der Waals surface area contributed by atoms with Gasteiger partial charge in [0.15, 0.2) is 0 Å². The minimum Gasteiger partial charge on any atom is -0.492 e. The summed E-state index contributed by atoms with van der Waals surface area (Å²) in [5.74, 6) is 0.411. The molecule has 0 spiro atoms. The number of nitrogens with zero attached hydrogens (tertiary/aromatic N) is 1. The molecule has 1 saturated heterocycles. The Hall–Kier alpha value is -4.00. The van der Waals surface area contributed by atoms with E-state index in [2.05, 4.69) is 20.9 Å². The highest BCUT2D eigenvalue weighted by Gasteiger charge is 2.19. The van der Waals surface area contributed by atoms with E-state index in [1.165, 1.54) is 0 Å². The Morgan fingerprint density at radius 2 is 1.59 bits per heavy atom. The molecule has 4 rings (SSSR count). The first-order chi connectivity index (χ1) is 16.5. The number of urea groups is 1. The monoisotopic (exact) mass is 458 g/mol. The lowest BCUT2D eigenvalue weighted by atomic mass is 10.1. The van der Waals surface area contributed by atoms with Gasteiger partial charge in [-0.15, -0.1) is 0 Å². The number of carbonyl (C=O) groups excluding carboxylic acids is 2. The quantitative estimate of drug-likeness (QED) is 0.412. The highest BCUT2D eigenvalue weighted by atomic mass is 16.5. The van der Waals surface area contributed by atoms with E-state index in [-0.39, 0.29) is 11.9 Å². The molecule has 0 unspecified atom stereocenters. The van der Waals surface area contributed by atoms with Gasteiger partial charge in [0.1, 0.15) is 5.75 Å². The zero-order valence-electron chi connectivity index (χ0n) is 19.6. The molecule has 0 saturated carbocycles. The standard InChI is InChI=1S/C27H30N4O3/c1-3-34-25-9-5-4-8-22(25)29-27(33)30-23-18-21(14-15-24(23)31-16-6-7-17-31)28-26(32)20-12-10-19(2)11-13-20/h4-5,8-15,18H,3,6-7,16-17H2,1-2H3,(H,28,32)(H2,29,30,33). The van der Waals surface area contributed by atoms with Crippen LogP contribution >= 0.6 is 0 Å². The maximum absolute atomic E-state index is 12.9. The van der Waals surface area contributed by atoms with Crippen LogP contribution in [0.25, 0.3) is 0 Å². The van der Waals surface area contributed by atoms with Gasteiger partial charge in [0, 0.05) is 24.3 Å². The van der Waals surface area contributed by atoms with Gasteiger partial charge in [0.05, 0.1) is 23.7 Å². The lowest BCUT2D eigenvalue weighted by Gasteiger charge is -2.23. The third kappa shape index (κ3) is 5.67. The second-order valence-corrected chi connectivity index (χ2v) is 8.25. The summed E-state index contributed by atoms with van der Waals surface area (Å²) in [5.41, 5.74) is 4.44. The van der Waals surface area contributed by atoms with Crippen LogP contribution in [0.15, 0.2) is 66.7 Å². The van der Waals surface area contributed by atoms with Crippen molar-refractivity contribution in [3.8, 4) is 5.75 Å². The van der Waals surface area contributed by atoms with Gasteiger partial charge in [-0.3, -0.25) is 4.79 Å². The molecule has 0 atom stereocenters. The smallest absolute Gasteiger partial charge is 0.323 e. The lowest BCUT2D eigenvalue weighted by Crippen LogP contribution is -2.24. The van der Waals surface area contributed by atoms with Crippen LogP contribution in [0.2, 0.25) is 0 Å². The minimum atomic E-state index is -0.380. The zero-order chi connectivity index (χ0) is 23.9. The SMILES string of the molecule is CCOc1ccccc1NC(=O)Nc1cc(NC(=O)c2ccc(C)cc2)ccc1N1CCCC1. The number of para-hydroxylation sites is 2. The predicted octanol–water partition coefficient (Wildman–Crippen LogP) is 5.89. The molecule has 3 aromatic rings. The summed E-state index contributed by atoms with van der Waals surface area (Å²) in [4.78, 5) is 27.9. The Kier molecular flexibility index (Phi) is 7.32. The van der Waals surface area contributed by atoms with E-state index >= 15 is 0 Å². The fourth-order valence-electron chi connectivity index (χ4n) is 3.98. The first kappa shape index (κ1) is 23.2. The van der Waals surface area contributed by atoms with Crippen LogP contribution in [0.3, 0.4) is 0 Å². The molecular formula is C27H30N4O3. The van der Waals surface area contributed by atoms with E-state index in [9.17, 15) is 9.59 Å². The molecule has 7 nitrogen and oxygen atoms in total. The van der Waals surface area contributed by atoms with Gasteiger partial charge in [-0.25, -0.2) is 4.79 Å². The van der Waals surface area contributed by atoms with Crippen LogP contribution in [0.1, 0.15) is 35.7 Å². The molecule has 1 heterocycles. The molecule has 1 aliphatic rings. The highest BCUT2D eigenvalue weighted by Crippen LogP contribution is 2.32. The Labute approximate surface area is 200 Å². The Morgan fingerprint density at radius 3 is 2.32 bits per heavy atom. The third-order valence-electron chi connectivity index (χ3n) is 5.70. The fourth-order valence-corrected chi connectivity index (χ4v) is 3.98. The number of aryl methyl sites for hydroxylation is 1. The lowest BCUT2D eigenvalue weighted by molar-refractivity contribution is 0.102. The maximum atomic E-state index is 12.9. The Morgan fingerprint density at radius 1 is 0.882 bits per heavy atom. The van der Waals surface area contributed by atoms with Gasteiger partial charge < -0.3 is 25.6 Å². The van der Waals surface area contributed by atoms with E-state index in [1.807, 2.05) is 56.3 Å². The summed E-state index contributed by atoms with van der Waals surface area (Å²) < 4.78 is 5.61. The van der Waals surface area contributed by atoms with Crippen molar-refractivity contribution in [3.05, 3.63) is 77.9 Å². The van der Waals surface area contributed by atoms with Gasteiger partial charge in [0.25, 0.3) is 5.91 Å². The summed E-state index contributed by atoms with van der Waals surface area (Å²) in [6, 6.07) is 20.0. The number of rotatable bonds is 7. The van der Waals surface area contributed by atoms with Crippen LogP contribution < -0.4 is 25.6 Å². The average molecular weight is 459 g/mol. The first-order valence-corrected chi connectivity index (χ1v) is 11.6. The normalized spacial score (nSPS) is 12.8. The Bertz CT molecular complexity index is 1150. The van der Waals surface area contributed by atoms with Crippen molar-refractivity contribution in [3.63, 3.8) is 0 Å². The largest absolute Gasteiger partial charge is 0.492 e. The van der Waals surface area contributed by atoms with Crippen molar-refractivity contribution < 1.29 is 14.3 Å². The predicted molar refractivity (Wildman–Crippen MR) is 137 cm³/mol. The number of hydrogen-bond donors (Lipinski definition) is 3. The number of amides is 3. The fraction of sp³-hybridized carbons (Fsp3) is 0.259. The van der Waals surface area contributed by atoms with E-state index in [1.54, 1.807) is 24.3 Å². The molecule has 176 valence electrons. The number of carbonyl (C=O) groups is 2. The maximum Gasteiger partial charge on any atom is 0.323 e. The highest BCUT2D eigenvalue weighted by molar-refractivity contribution is 6.06. The summed E-state index contributed by atoms with van der Waals surface area (Å²) in [6.07, 6.45) is 2.22. The van der Waals surface area contributed by atoms with Crippen LogP contribution in [0.5, 0.6) is 5.75 Å². The third-order valence-corrected chi connectivity index (χ3v) is 5.70. The summed E-state index contributed by atoms with van der Waals surface area (Å²) in [5, 5.41) is 8.78. The van der Waals surface area contributed by atoms with E-state index in [0.29, 0.717) is 35.0 Å². The zero-order valence-corrected chi connectivity index (χ0v) is 19.6. The van der Waals surface area contributed by atoms with Crippen molar-refractivity contribution in [2.45, 2.75) is 26.7 Å². The number of benzene rings is 3. The summed E-state index contributed by atoms with van der Waals surface area (Å²) in [7, 11) is 0. The van der Waals surface area contributed by atoms with Gasteiger partial charge in [-0.05, 0) is 69.2 Å². The van der Waals surface area contributed by atoms with Crippen molar-refractivity contribution in [2.24, 2.45) is 0 Å². The molecule has 3 aromatic carbocycles. The van der Waals surface area contributed by atoms with Gasteiger partial charge >= 0.3 is 6.03 Å². The second-order valence-electron chi connectivity index (χ2n) is 8.25. The molecule has 0 aliphatic carbocycles. The van der Waals surface area contributed by atoms with Crippen molar-refractivity contribution >= 4 is 34.7 Å². The van der Waals surface area contributed by atoms with Crippen LogP contribution in [-0.4, -0.2) is 31.6 Å². The molecule has 1 aliphatic heterocycles. The van der Waals surface area contributed by atoms with Crippen LogP contribution in [-0.2, 0) is 0 Å². The van der Waals surface area contributed by atoms with E-state index in [4.69, 9.17) is 4.74 Å². The topological polar surface area (TPSA) is 82.7 Å². The summed E-state index contributed by atoms with van der Waals surface area (Å²) >= 11 is 0. The molecule has 0 aromatic heterocycles. The molecule has 3 N–H and O–H groups in total. The molecule has 34 heavy (non-hydrogen) atoms. The molecule has 3 amide bonds. The van der Waals surface area contributed by atoms with Crippen molar-refractivity contribution in [2.75, 3.05) is 40.5 Å². The molecule has 0 radical (unpaired) electrons. The van der Waals surface area contributed by atoms with Crippen molar-refractivity contribution in [1.29, 1.82) is 0 Å². The number of hydrogen-bond acceptors (Lipinski definition) is 4. The number of anilines is 4. The molecule has 7 heteroatoms. The van der Waals surface area contributed by atoms with E-state index in [0.717, 1.165) is 37.2 Å². The first-order valence-electron chi connectivity index (χ1n) is 11.6. The van der Waals surface area contributed by atoms with Gasteiger partial charge in [-0.1, -0.05) is 29.8 Å². The second kappa shape index (κ2) is 10.7. The molecule has 0 bridgehead atoms. The molecule has 1 fully saturated rings. The minimum absolute atomic E-state index is 0.199. The number of nitrogens with one attached hydrogen (secondary N) is 3. The van der Waals surface area contributed by atoms with Gasteiger partial charge in [0.2, 0.25) is 0 Å². The van der Waals surface area contributed by atoms with Gasteiger partial charge in [-0.2, -0.15) is 0 Å². The van der Waals surface area contributed by atoms with Crippen LogP contribution in [0, 0.1) is 6.92 Å². The van der Waals surface area contributed by atoms with E-state index < -0.39 is 0 Å². The van der Waals surface area contributed by atoms with Crippen molar-refractivity contribution in [1.82, 2.24) is 0 Å². The molecular weight excluding hydrogens is 428 g/mol. The number of ether oxygens (including phenoxy) is 1. The Balaban J connectivity index is 1.54. The van der Waals surface area contributed by atoms with Crippen LogP contribution in [0.4, 0.5) is 27.5 Å².